The Morgan fingerprint density at radius 3 is 2.42 bits per heavy atom. The Morgan fingerprint density at radius 1 is 1.16 bits per heavy atom. The fourth-order valence-corrected chi connectivity index (χ4v) is 4.14. The Kier molecular flexibility index (Phi) is 5.33. The third kappa shape index (κ3) is 4.61. The van der Waals surface area contributed by atoms with Gasteiger partial charge in [0.1, 0.15) is 5.82 Å². The molecule has 0 unspecified atom stereocenters. The standard InChI is InChI=1S/C24H27N3O3S/c1-24(2,3)23-25-14-18-21(26-23)19(16-8-6-5-7-9-16)15-27(22(18)28)20(17-10-11-17)12-13-31(4,29)30/h5-9,12-15,17,20H,10-11H2,1-4H3/b13-12+/t20-/m0/s1. The molecule has 0 aliphatic heterocycles. The number of fused-ring (bicyclic) bond motifs is 1. The van der Waals surface area contributed by atoms with Crippen LogP contribution in [0.5, 0.6) is 0 Å². The van der Waals surface area contributed by atoms with Crippen LogP contribution >= 0.6 is 0 Å². The number of nitrogens with zero attached hydrogens (tertiary/aromatic N) is 3. The molecule has 1 aliphatic carbocycles. The molecule has 1 fully saturated rings. The first-order valence-electron chi connectivity index (χ1n) is 10.4. The lowest BCUT2D eigenvalue weighted by molar-refractivity contribution is 0.523. The van der Waals surface area contributed by atoms with E-state index in [9.17, 15) is 13.2 Å². The van der Waals surface area contributed by atoms with E-state index in [0.29, 0.717) is 16.7 Å². The summed E-state index contributed by atoms with van der Waals surface area (Å²) in [5.74, 6) is 0.914. The van der Waals surface area contributed by atoms with Crippen LogP contribution < -0.4 is 5.56 Å². The van der Waals surface area contributed by atoms with E-state index in [-0.39, 0.29) is 22.9 Å². The van der Waals surface area contributed by atoms with Gasteiger partial charge in [0.2, 0.25) is 0 Å². The van der Waals surface area contributed by atoms with Gasteiger partial charge in [-0.2, -0.15) is 0 Å². The van der Waals surface area contributed by atoms with Crippen molar-refractivity contribution in [1.29, 1.82) is 0 Å². The summed E-state index contributed by atoms with van der Waals surface area (Å²) in [5, 5.41) is 1.64. The van der Waals surface area contributed by atoms with Gasteiger partial charge in [-0.05, 0) is 24.3 Å². The van der Waals surface area contributed by atoms with Crippen LogP contribution in [-0.2, 0) is 15.3 Å². The number of aromatic nitrogens is 3. The predicted molar refractivity (Wildman–Crippen MR) is 124 cm³/mol. The van der Waals surface area contributed by atoms with Crippen LogP contribution in [0.25, 0.3) is 22.0 Å². The minimum atomic E-state index is -3.29. The van der Waals surface area contributed by atoms with Crippen LogP contribution in [0.1, 0.15) is 45.5 Å². The molecule has 3 aromatic rings. The van der Waals surface area contributed by atoms with E-state index in [1.165, 1.54) is 5.41 Å². The molecule has 31 heavy (non-hydrogen) atoms. The molecule has 1 saturated carbocycles. The first-order valence-corrected chi connectivity index (χ1v) is 12.4. The van der Waals surface area contributed by atoms with Crippen molar-refractivity contribution in [2.45, 2.75) is 45.1 Å². The lowest BCUT2D eigenvalue weighted by atomic mass is 9.95. The molecule has 162 valence electrons. The van der Waals surface area contributed by atoms with Gasteiger partial charge < -0.3 is 4.57 Å². The zero-order chi connectivity index (χ0) is 22.4. The van der Waals surface area contributed by atoms with E-state index in [1.54, 1.807) is 16.8 Å². The molecule has 0 spiro atoms. The molecular formula is C24H27N3O3S. The Bertz CT molecular complexity index is 1320. The first kappa shape index (κ1) is 21.4. The SMILES string of the molecule is CC(C)(C)c1ncc2c(=O)n([C@@H](/C=C/S(C)(=O)=O)C3CC3)cc(-c3ccccc3)c2n1. The molecule has 0 bridgehead atoms. The van der Waals surface area contributed by atoms with E-state index in [0.717, 1.165) is 30.2 Å². The van der Waals surface area contributed by atoms with E-state index in [4.69, 9.17) is 4.98 Å². The number of benzene rings is 1. The van der Waals surface area contributed by atoms with Gasteiger partial charge in [0, 0.05) is 35.0 Å². The molecule has 1 aromatic carbocycles. The van der Waals surface area contributed by atoms with Crippen LogP contribution in [0.2, 0.25) is 0 Å². The zero-order valence-corrected chi connectivity index (χ0v) is 19.1. The number of rotatable bonds is 5. The molecule has 1 aliphatic rings. The summed E-state index contributed by atoms with van der Waals surface area (Å²) >= 11 is 0. The maximum absolute atomic E-state index is 13.5. The van der Waals surface area contributed by atoms with Crippen molar-refractivity contribution >= 4 is 20.7 Å². The molecule has 2 heterocycles. The number of hydrogen-bond donors (Lipinski definition) is 0. The van der Waals surface area contributed by atoms with Gasteiger partial charge in [0.25, 0.3) is 5.56 Å². The van der Waals surface area contributed by atoms with Crippen molar-refractivity contribution in [2.75, 3.05) is 6.26 Å². The minimum absolute atomic E-state index is 0.204. The highest BCUT2D eigenvalue weighted by atomic mass is 32.2. The van der Waals surface area contributed by atoms with Crippen LogP contribution in [0, 0.1) is 5.92 Å². The second kappa shape index (κ2) is 7.71. The Balaban J connectivity index is 2.01. The highest BCUT2D eigenvalue weighted by molar-refractivity contribution is 7.93. The van der Waals surface area contributed by atoms with Crippen LogP contribution in [0.15, 0.2) is 59.0 Å². The highest BCUT2D eigenvalue weighted by Gasteiger charge is 2.32. The maximum Gasteiger partial charge on any atom is 0.262 e. The average molecular weight is 438 g/mol. The number of pyridine rings is 1. The molecule has 0 radical (unpaired) electrons. The third-order valence-electron chi connectivity index (χ3n) is 5.48. The van der Waals surface area contributed by atoms with E-state index >= 15 is 0 Å². The Hall–Kier alpha value is -2.80. The summed E-state index contributed by atoms with van der Waals surface area (Å²) in [7, 11) is -3.29. The lowest BCUT2D eigenvalue weighted by Gasteiger charge is -2.21. The Morgan fingerprint density at radius 2 is 1.84 bits per heavy atom. The normalized spacial score (nSPS) is 16.1. The molecule has 6 nitrogen and oxygen atoms in total. The summed E-state index contributed by atoms with van der Waals surface area (Å²) < 4.78 is 25.1. The number of hydrogen-bond acceptors (Lipinski definition) is 5. The van der Waals surface area contributed by atoms with Crippen LogP contribution in [0.3, 0.4) is 0 Å². The zero-order valence-electron chi connectivity index (χ0n) is 18.2. The van der Waals surface area contributed by atoms with Gasteiger partial charge in [0.05, 0.1) is 16.9 Å². The lowest BCUT2D eigenvalue weighted by Crippen LogP contribution is -2.26. The third-order valence-corrected chi connectivity index (χ3v) is 6.13. The van der Waals surface area contributed by atoms with Gasteiger partial charge in [-0.3, -0.25) is 4.79 Å². The van der Waals surface area contributed by atoms with Crippen molar-refractivity contribution in [3.63, 3.8) is 0 Å². The van der Waals surface area contributed by atoms with Crippen molar-refractivity contribution in [1.82, 2.24) is 14.5 Å². The molecule has 4 rings (SSSR count). The molecular weight excluding hydrogens is 410 g/mol. The number of allylic oxidation sites excluding steroid dienone is 1. The monoisotopic (exact) mass is 437 g/mol. The molecule has 2 aromatic heterocycles. The summed E-state index contributed by atoms with van der Waals surface area (Å²) in [5.41, 5.74) is 1.94. The smallest absolute Gasteiger partial charge is 0.262 e. The predicted octanol–water partition coefficient (Wildman–Crippen LogP) is 4.27. The summed E-state index contributed by atoms with van der Waals surface area (Å²) in [6.07, 6.45) is 8.16. The van der Waals surface area contributed by atoms with Crippen molar-refractivity contribution in [3.8, 4) is 11.1 Å². The van der Waals surface area contributed by atoms with Gasteiger partial charge in [0.15, 0.2) is 9.84 Å². The second-order valence-corrected chi connectivity index (χ2v) is 11.2. The summed E-state index contributed by atoms with van der Waals surface area (Å²) in [6, 6.07) is 9.49. The van der Waals surface area contributed by atoms with E-state index < -0.39 is 9.84 Å². The van der Waals surface area contributed by atoms with Crippen LogP contribution in [0.4, 0.5) is 0 Å². The molecule has 1 atom stereocenters. The maximum atomic E-state index is 13.5. The quantitative estimate of drug-likeness (QED) is 0.595. The van der Waals surface area contributed by atoms with Gasteiger partial charge in [-0.1, -0.05) is 57.2 Å². The van der Waals surface area contributed by atoms with Crippen molar-refractivity contribution in [3.05, 3.63) is 70.4 Å². The fraction of sp³-hybridized carbons (Fsp3) is 0.375. The summed E-state index contributed by atoms with van der Waals surface area (Å²) in [4.78, 5) is 22.7. The number of sulfone groups is 1. The van der Waals surface area contributed by atoms with Gasteiger partial charge in [-0.25, -0.2) is 18.4 Å². The minimum Gasteiger partial charge on any atom is -0.307 e. The van der Waals surface area contributed by atoms with Gasteiger partial charge >= 0.3 is 0 Å². The second-order valence-electron chi connectivity index (χ2n) is 9.31. The topological polar surface area (TPSA) is 81.9 Å². The average Bonchev–Trinajstić information content (AvgIpc) is 3.53. The molecule has 0 amide bonds. The van der Waals surface area contributed by atoms with Crippen molar-refractivity contribution < 1.29 is 8.42 Å². The molecule has 0 saturated heterocycles. The molecule has 0 N–H and O–H groups in total. The summed E-state index contributed by atoms with van der Waals surface area (Å²) in [6.45, 7) is 6.12. The largest absolute Gasteiger partial charge is 0.307 e. The van der Waals surface area contributed by atoms with E-state index in [1.807, 2.05) is 57.3 Å². The highest BCUT2D eigenvalue weighted by Crippen LogP contribution is 2.41. The Labute approximate surface area is 182 Å². The van der Waals surface area contributed by atoms with Crippen molar-refractivity contribution in [2.24, 2.45) is 5.92 Å². The fourth-order valence-electron chi connectivity index (χ4n) is 3.69. The first-order chi connectivity index (χ1) is 14.5. The molecule has 7 heteroatoms. The van der Waals surface area contributed by atoms with E-state index in [2.05, 4.69) is 4.98 Å². The van der Waals surface area contributed by atoms with Crippen LogP contribution in [-0.4, -0.2) is 29.2 Å². The van der Waals surface area contributed by atoms with Gasteiger partial charge in [-0.15, -0.1) is 0 Å².